The first-order valence-electron chi connectivity index (χ1n) is 10.3. The molecule has 33 heavy (non-hydrogen) atoms. The topological polar surface area (TPSA) is 113 Å². The lowest BCUT2D eigenvalue weighted by Gasteiger charge is -2.28. The number of benzene rings is 3. The molecule has 2 amide bonds. The fourth-order valence-corrected chi connectivity index (χ4v) is 3.39. The lowest BCUT2D eigenvalue weighted by atomic mass is 9.84. The maximum absolute atomic E-state index is 13.1. The molecule has 7 heteroatoms. The van der Waals surface area contributed by atoms with Crippen LogP contribution in [0.15, 0.2) is 78.9 Å². The van der Waals surface area contributed by atoms with Crippen molar-refractivity contribution in [2.75, 3.05) is 0 Å². The number of hydrogen-bond acceptors (Lipinski definition) is 5. The van der Waals surface area contributed by atoms with Gasteiger partial charge in [0.1, 0.15) is 0 Å². The third-order valence-electron chi connectivity index (χ3n) is 5.16. The van der Waals surface area contributed by atoms with Crippen LogP contribution in [0.5, 0.6) is 0 Å². The van der Waals surface area contributed by atoms with Crippen LogP contribution in [0.3, 0.4) is 0 Å². The molecule has 168 valence electrons. The van der Waals surface area contributed by atoms with Crippen LogP contribution in [0, 0.1) is 13.8 Å². The zero-order chi connectivity index (χ0) is 24.0. The third-order valence-corrected chi connectivity index (χ3v) is 5.16. The van der Waals surface area contributed by atoms with E-state index >= 15 is 0 Å². The van der Waals surface area contributed by atoms with Crippen molar-refractivity contribution in [1.29, 1.82) is 0 Å². The number of aryl methyl sites for hydroxylation is 2. The van der Waals surface area contributed by atoms with E-state index in [9.17, 15) is 24.3 Å². The molecule has 0 aliphatic carbocycles. The number of carbonyl (C=O) groups excluding carboxylic acids is 4. The summed E-state index contributed by atoms with van der Waals surface area (Å²) in [6.07, 6.45) is -0.647. The van der Waals surface area contributed by atoms with Crippen molar-refractivity contribution >= 4 is 23.4 Å². The molecule has 3 aromatic rings. The van der Waals surface area contributed by atoms with Crippen molar-refractivity contribution < 1.29 is 24.3 Å². The van der Waals surface area contributed by atoms with E-state index in [1.165, 1.54) is 0 Å². The molecule has 3 aromatic carbocycles. The number of rotatable bonds is 7. The number of hydrazine groups is 1. The number of amides is 2. The van der Waals surface area contributed by atoms with Crippen LogP contribution in [0.2, 0.25) is 0 Å². The van der Waals surface area contributed by atoms with Crippen molar-refractivity contribution in [2.24, 2.45) is 0 Å². The van der Waals surface area contributed by atoms with Gasteiger partial charge in [0.25, 0.3) is 5.91 Å². The van der Waals surface area contributed by atoms with E-state index in [0.29, 0.717) is 16.7 Å². The molecule has 0 saturated carbocycles. The van der Waals surface area contributed by atoms with Crippen LogP contribution >= 0.6 is 0 Å². The largest absolute Gasteiger partial charge is 0.372 e. The number of ketones is 2. The highest BCUT2D eigenvalue weighted by Crippen LogP contribution is 2.31. The highest BCUT2D eigenvalue weighted by atomic mass is 16.3. The van der Waals surface area contributed by atoms with Gasteiger partial charge in [-0.2, -0.15) is 0 Å². The zero-order valence-electron chi connectivity index (χ0n) is 18.3. The SMILES string of the molecule is Cc1cccc(C(O)(C(=O)NNC(=O)C(=O)CC(=O)c2ccccc2)c2cccc(C)c2)c1. The second-order valence-electron chi connectivity index (χ2n) is 7.75. The number of carbonyl (C=O) groups is 4. The Balaban J connectivity index is 1.77. The van der Waals surface area contributed by atoms with E-state index in [1.807, 2.05) is 31.4 Å². The van der Waals surface area contributed by atoms with Crippen LogP contribution in [0.4, 0.5) is 0 Å². The second-order valence-corrected chi connectivity index (χ2v) is 7.75. The normalized spacial score (nSPS) is 10.9. The Morgan fingerprint density at radius 1 is 0.758 bits per heavy atom. The first kappa shape index (κ1) is 23.6. The molecule has 0 atom stereocenters. The maximum Gasteiger partial charge on any atom is 0.306 e. The highest BCUT2D eigenvalue weighted by molar-refractivity contribution is 6.40. The number of nitrogens with one attached hydrogen (secondary N) is 2. The van der Waals surface area contributed by atoms with Crippen LogP contribution in [-0.4, -0.2) is 28.5 Å². The summed E-state index contributed by atoms with van der Waals surface area (Å²) >= 11 is 0. The number of hydrogen-bond donors (Lipinski definition) is 3. The van der Waals surface area contributed by atoms with Gasteiger partial charge in [-0.1, -0.05) is 90.0 Å². The predicted octanol–water partition coefficient (Wildman–Crippen LogP) is 2.53. The average Bonchev–Trinajstić information content (AvgIpc) is 2.82. The lowest BCUT2D eigenvalue weighted by molar-refractivity contribution is -0.143. The molecule has 0 fully saturated rings. The summed E-state index contributed by atoms with van der Waals surface area (Å²) in [7, 11) is 0. The average molecular weight is 444 g/mol. The van der Waals surface area contributed by atoms with E-state index in [4.69, 9.17) is 0 Å². The minimum absolute atomic E-state index is 0.297. The summed E-state index contributed by atoms with van der Waals surface area (Å²) in [4.78, 5) is 49.7. The third kappa shape index (κ3) is 5.39. The molecule has 0 unspecified atom stereocenters. The van der Waals surface area contributed by atoms with Crippen molar-refractivity contribution in [2.45, 2.75) is 25.9 Å². The Morgan fingerprint density at radius 3 is 1.82 bits per heavy atom. The van der Waals surface area contributed by atoms with Crippen LogP contribution in [0.1, 0.15) is 39.0 Å². The van der Waals surface area contributed by atoms with Crippen LogP contribution in [0.25, 0.3) is 0 Å². The van der Waals surface area contributed by atoms with Gasteiger partial charge in [0.2, 0.25) is 5.78 Å². The number of aliphatic hydroxyl groups is 1. The summed E-state index contributed by atoms with van der Waals surface area (Å²) in [5, 5.41) is 11.5. The quantitative estimate of drug-likeness (QED) is 0.224. The van der Waals surface area contributed by atoms with Crippen molar-refractivity contribution in [1.82, 2.24) is 10.9 Å². The smallest absolute Gasteiger partial charge is 0.306 e. The van der Waals surface area contributed by atoms with Gasteiger partial charge in [-0.25, -0.2) is 0 Å². The van der Waals surface area contributed by atoms with Gasteiger partial charge in [0.05, 0.1) is 6.42 Å². The molecular weight excluding hydrogens is 420 g/mol. The highest BCUT2D eigenvalue weighted by Gasteiger charge is 2.40. The van der Waals surface area contributed by atoms with Gasteiger partial charge in [-0.05, 0) is 25.0 Å². The van der Waals surface area contributed by atoms with Gasteiger partial charge in [-0.3, -0.25) is 30.0 Å². The summed E-state index contributed by atoms with van der Waals surface area (Å²) in [5.74, 6) is -3.64. The fourth-order valence-electron chi connectivity index (χ4n) is 3.39. The molecule has 0 aliphatic rings. The van der Waals surface area contributed by atoms with E-state index < -0.39 is 35.4 Å². The predicted molar refractivity (Wildman–Crippen MR) is 122 cm³/mol. The van der Waals surface area contributed by atoms with Crippen LogP contribution < -0.4 is 10.9 Å². The van der Waals surface area contributed by atoms with E-state index in [-0.39, 0.29) is 0 Å². The summed E-state index contributed by atoms with van der Waals surface area (Å²) in [6.45, 7) is 3.64. The fraction of sp³-hybridized carbons (Fsp3) is 0.154. The minimum Gasteiger partial charge on any atom is -0.372 e. The van der Waals surface area contributed by atoms with Crippen molar-refractivity contribution in [3.8, 4) is 0 Å². The Kier molecular flexibility index (Phi) is 7.15. The summed E-state index contributed by atoms with van der Waals surface area (Å²) in [6, 6.07) is 21.7. The summed E-state index contributed by atoms with van der Waals surface area (Å²) in [5.41, 5.74) is 4.56. The standard InChI is InChI=1S/C26H24N2O5/c1-17-8-6-12-20(14-17)26(33,21-13-7-9-18(2)15-21)25(32)28-27-24(31)23(30)16-22(29)19-10-4-3-5-11-19/h3-15,33H,16H2,1-2H3,(H,27,31)(H,28,32). The van der Waals surface area contributed by atoms with E-state index in [2.05, 4.69) is 5.43 Å². The second kappa shape index (κ2) is 10.0. The first-order valence-corrected chi connectivity index (χ1v) is 10.3. The van der Waals surface area contributed by atoms with Crippen molar-refractivity contribution in [3.05, 3.63) is 107 Å². The zero-order valence-corrected chi connectivity index (χ0v) is 18.3. The Morgan fingerprint density at radius 2 is 1.30 bits per heavy atom. The van der Waals surface area contributed by atoms with Gasteiger partial charge in [-0.15, -0.1) is 0 Å². The molecule has 3 rings (SSSR count). The molecular formula is C26H24N2O5. The molecule has 0 saturated heterocycles. The Hall–Kier alpha value is -4.10. The molecule has 0 bridgehead atoms. The summed E-state index contributed by atoms with van der Waals surface area (Å²) < 4.78 is 0. The van der Waals surface area contributed by atoms with Gasteiger partial charge in [0.15, 0.2) is 11.4 Å². The molecule has 0 spiro atoms. The monoisotopic (exact) mass is 444 g/mol. The molecule has 7 nitrogen and oxygen atoms in total. The minimum atomic E-state index is -2.13. The molecule has 0 aromatic heterocycles. The van der Waals surface area contributed by atoms with E-state index in [0.717, 1.165) is 11.1 Å². The number of Topliss-reactive ketones (excluding diaryl/α,β-unsaturated/α-hetero) is 2. The molecule has 3 N–H and O–H groups in total. The van der Waals surface area contributed by atoms with Gasteiger partial charge >= 0.3 is 5.91 Å². The molecule has 0 aliphatic heterocycles. The Labute approximate surface area is 191 Å². The molecule has 0 radical (unpaired) electrons. The van der Waals surface area contributed by atoms with Crippen LogP contribution in [-0.2, 0) is 20.0 Å². The first-order chi connectivity index (χ1) is 15.7. The maximum atomic E-state index is 13.1. The van der Waals surface area contributed by atoms with Gasteiger partial charge in [0, 0.05) is 5.56 Å². The molecule has 0 heterocycles. The lowest BCUT2D eigenvalue weighted by Crippen LogP contribution is -2.53. The Bertz CT molecular complexity index is 1160. The van der Waals surface area contributed by atoms with E-state index in [1.54, 1.807) is 66.7 Å². The van der Waals surface area contributed by atoms with Gasteiger partial charge < -0.3 is 5.11 Å². The van der Waals surface area contributed by atoms with Crippen molar-refractivity contribution in [3.63, 3.8) is 0 Å².